The topological polar surface area (TPSA) is 151 Å². The van der Waals surface area contributed by atoms with Gasteiger partial charge in [-0.2, -0.15) is 0 Å². The number of rotatable bonds is 10. The number of benzene rings is 1. The first-order valence-electron chi connectivity index (χ1n) is 19.2. The lowest BCUT2D eigenvalue weighted by Crippen LogP contribution is -2.57. The second-order valence-corrected chi connectivity index (χ2v) is 15.3. The molecule has 0 bridgehead atoms. The summed E-state index contributed by atoms with van der Waals surface area (Å²) in [5.74, 6) is -5.25. The van der Waals surface area contributed by atoms with E-state index in [2.05, 4.69) is 17.6 Å². The number of fused-ring (bicyclic) bond motifs is 1. The van der Waals surface area contributed by atoms with Crippen LogP contribution >= 0.6 is 0 Å². The minimum Gasteiger partial charge on any atom is -0.460 e. The summed E-state index contributed by atoms with van der Waals surface area (Å²) < 4.78 is 12.1. The SMILES string of the molecule is CCCCC[C@H]1OC(=O)[C@H]([C@@H](C)CC)NC(=O)C2CCCN2C(=O)[C@H](Cc2ccccc2)OC(=O)[C@H](C(C)C)N(C)C(=O)[C@H](C(C)C)NC(=O)[C@H]1C. The maximum absolute atomic E-state index is 14.4. The maximum atomic E-state index is 14.4. The molecule has 2 fully saturated rings. The van der Waals surface area contributed by atoms with Gasteiger partial charge in [0.2, 0.25) is 17.7 Å². The Kier molecular flexibility index (Phi) is 16.1. The molecule has 2 heterocycles. The highest BCUT2D eigenvalue weighted by Gasteiger charge is 2.44. The fourth-order valence-electron chi connectivity index (χ4n) is 7.05. The Bertz CT molecular complexity index is 1380. The van der Waals surface area contributed by atoms with Crippen molar-refractivity contribution in [1.29, 1.82) is 0 Å². The van der Waals surface area contributed by atoms with Gasteiger partial charge in [-0.15, -0.1) is 0 Å². The van der Waals surface area contributed by atoms with Crippen molar-refractivity contribution >= 4 is 35.6 Å². The van der Waals surface area contributed by atoms with Crippen molar-refractivity contribution in [3.8, 4) is 0 Å². The summed E-state index contributed by atoms with van der Waals surface area (Å²) in [7, 11) is 1.50. The minimum atomic E-state index is -1.28. The van der Waals surface area contributed by atoms with Crippen LogP contribution in [0.2, 0.25) is 0 Å². The normalized spacial score (nSPS) is 28.0. The molecule has 12 heteroatoms. The molecule has 52 heavy (non-hydrogen) atoms. The number of nitrogens with one attached hydrogen (secondary N) is 2. The number of cyclic esters (lactones) is 2. The molecule has 0 aliphatic carbocycles. The van der Waals surface area contributed by atoms with Gasteiger partial charge in [-0.1, -0.05) is 105 Å². The molecular formula is C40H62N4O8. The predicted molar refractivity (Wildman–Crippen MR) is 197 cm³/mol. The molecule has 2 aliphatic heterocycles. The number of amides is 4. The first-order chi connectivity index (χ1) is 24.6. The zero-order valence-electron chi connectivity index (χ0n) is 32.7. The number of carbonyl (C=O) groups excluding carboxylic acids is 6. The standard InChI is InChI=1S/C40H62N4O8/c1-10-12-14-21-30-27(8)35(45)41-32(24(3)4)38(48)43(9)34(25(5)6)40(50)52-31(23-28-18-15-13-16-19-28)37(47)44-22-17-20-29(44)36(46)42-33(26(7)11-2)39(49)51-30/h13,15-16,18-19,24-27,29-34H,10-12,14,17,20-23H2,1-9H3,(H,41,45)(H,42,46)/t26-,27-,29?,30+,31-,32-,33-,34-/m0/s1. The monoisotopic (exact) mass is 726 g/mol. The van der Waals surface area contributed by atoms with Gasteiger partial charge in [0.15, 0.2) is 6.10 Å². The quantitative estimate of drug-likeness (QED) is 0.266. The minimum absolute atomic E-state index is 0.0581. The van der Waals surface area contributed by atoms with Crippen molar-refractivity contribution in [1.82, 2.24) is 20.4 Å². The molecule has 0 spiro atoms. The summed E-state index contributed by atoms with van der Waals surface area (Å²) in [6, 6.07) is 5.15. The van der Waals surface area contributed by atoms with Crippen molar-refractivity contribution < 1.29 is 38.2 Å². The van der Waals surface area contributed by atoms with E-state index < -0.39 is 83.8 Å². The number of nitrogens with zero attached hydrogens (tertiary/aromatic N) is 2. The number of esters is 2. The molecule has 4 amide bonds. The highest BCUT2D eigenvalue weighted by molar-refractivity contribution is 5.95. The summed E-state index contributed by atoms with van der Waals surface area (Å²) in [4.78, 5) is 87.1. The lowest BCUT2D eigenvalue weighted by molar-refractivity contribution is -0.168. The Hall–Kier alpha value is -3.96. The molecule has 290 valence electrons. The third-order valence-electron chi connectivity index (χ3n) is 10.6. The van der Waals surface area contributed by atoms with Crippen molar-refractivity contribution in [3.63, 3.8) is 0 Å². The number of carbonyl (C=O) groups is 6. The van der Waals surface area contributed by atoms with Crippen molar-refractivity contribution in [3.05, 3.63) is 35.9 Å². The third kappa shape index (κ3) is 10.8. The molecule has 1 aromatic rings. The van der Waals surface area contributed by atoms with E-state index in [9.17, 15) is 28.8 Å². The molecule has 12 nitrogen and oxygen atoms in total. The fourth-order valence-corrected chi connectivity index (χ4v) is 7.05. The first-order valence-corrected chi connectivity index (χ1v) is 19.2. The van der Waals surface area contributed by atoms with E-state index in [1.165, 1.54) is 16.8 Å². The Morgan fingerprint density at radius 1 is 0.808 bits per heavy atom. The molecule has 1 aromatic carbocycles. The zero-order valence-corrected chi connectivity index (χ0v) is 32.7. The van der Waals surface area contributed by atoms with Crippen LogP contribution in [0, 0.1) is 23.7 Å². The molecule has 3 rings (SSSR count). The Labute approximate surface area is 310 Å². The van der Waals surface area contributed by atoms with E-state index in [1.54, 1.807) is 34.6 Å². The number of unbranched alkanes of at least 4 members (excludes halogenated alkanes) is 2. The van der Waals surface area contributed by atoms with E-state index in [0.29, 0.717) is 32.1 Å². The number of ether oxygens (including phenoxy) is 2. The van der Waals surface area contributed by atoms with Crippen LogP contribution in [-0.4, -0.2) is 95.3 Å². The van der Waals surface area contributed by atoms with E-state index >= 15 is 0 Å². The van der Waals surface area contributed by atoms with E-state index in [4.69, 9.17) is 9.47 Å². The van der Waals surface area contributed by atoms with Gasteiger partial charge in [0, 0.05) is 20.0 Å². The van der Waals surface area contributed by atoms with Crippen molar-refractivity contribution in [2.75, 3.05) is 13.6 Å². The largest absolute Gasteiger partial charge is 0.460 e. The second-order valence-electron chi connectivity index (χ2n) is 15.3. The lowest BCUT2D eigenvalue weighted by Gasteiger charge is -2.35. The molecule has 0 aromatic heterocycles. The van der Waals surface area contributed by atoms with Gasteiger partial charge in [-0.05, 0) is 49.0 Å². The average molecular weight is 727 g/mol. The van der Waals surface area contributed by atoms with Crippen LogP contribution in [0.25, 0.3) is 0 Å². The Morgan fingerprint density at radius 3 is 2.06 bits per heavy atom. The van der Waals surface area contributed by atoms with Crippen molar-refractivity contribution in [2.24, 2.45) is 23.7 Å². The van der Waals surface area contributed by atoms with Crippen molar-refractivity contribution in [2.45, 2.75) is 143 Å². The zero-order chi connectivity index (χ0) is 38.7. The molecule has 0 saturated carbocycles. The first kappa shape index (κ1) is 42.5. The second kappa shape index (κ2) is 19.8. The van der Waals surface area contributed by atoms with Crippen LogP contribution in [0.4, 0.5) is 0 Å². The van der Waals surface area contributed by atoms with Gasteiger partial charge in [0.25, 0.3) is 5.91 Å². The van der Waals surface area contributed by atoms with Crippen LogP contribution in [0.3, 0.4) is 0 Å². The van der Waals surface area contributed by atoms with Gasteiger partial charge in [-0.25, -0.2) is 9.59 Å². The summed E-state index contributed by atoms with van der Waals surface area (Å²) >= 11 is 0. The third-order valence-corrected chi connectivity index (χ3v) is 10.6. The lowest BCUT2D eigenvalue weighted by atomic mass is 9.94. The molecule has 2 saturated heterocycles. The maximum Gasteiger partial charge on any atom is 0.329 e. The van der Waals surface area contributed by atoms with E-state index in [0.717, 1.165) is 18.4 Å². The summed E-state index contributed by atoms with van der Waals surface area (Å²) in [6.07, 6.45) is 2.36. The van der Waals surface area contributed by atoms with Gasteiger partial charge >= 0.3 is 11.9 Å². The van der Waals surface area contributed by atoms with Crippen LogP contribution < -0.4 is 10.6 Å². The van der Waals surface area contributed by atoms with Crippen LogP contribution in [-0.2, 0) is 44.7 Å². The average Bonchev–Trinajstić information content (AvgIpc) is 3.61. The Morgan fingerprint density at radius 2 is 1.46 bits per heavy atom. The van der Waals surface area contributed by atoms with Gasteiger partial charge < -0.3 is 29.9 Å². The smallest absolute Gasteiger partial charge is 0.329 e. The van der Waals surface area contributed by atoms with Gasteiger partial charge in [0.05, 0.1) is 5.92 Å². The van der Waals surface area contributed by atoms with E-state index in [-0.39, 0.29) is 24.8 Å². The number of likely N-dealkylation sites (N-methyl/N-ethyl adjacent to an activating group) is 1. The van der Waals surface area contributed by atoms with Crippen LogP contribution in [0.1, 0.15) is 106 Å². The molecule has 2 aliphatic rings. The highest BCUT2D eigenvalue weighted by Crippen LogP contribution is 2.25. The number of hydrogen-bond donors (Lipinski definition) is 2. The Balaban J connectivity index is 2.14. The molecule has 8 atom stereocenters. The molecule has 2 N–H and O–H groups in total. The summed E-state index contributed by atoms with van der Waals surface area (Å²) in [5, 5.41) is 5.79. The van der Waals surface area contributed by atoms with Crippen LogP contribution in [0.5, 0.6) is 0 Å². The summed E-state index contributed by atoms with van der Waals surface area (Å²) in [6.45, 7) is 14.9. The van der Waals surface area contributed by atoms with Gasteiger partial charge in [0.1, 0.15) is 30.3 Å². The predicted octanol–water partition coefficient (Wildman–Crippen LogP) is 4.43. The molecule has 1 unspecified atom stereocenters. The summed E-state index contributed by atoms with van der Waals surface area (Å²) in [5.41, 5.74) is 0.752. The molecule has 0 radical (unpaired) electrons. The van der Waals surface area contributed by atoms with E-state index in [1.807, 2.05) is 44.2 Å². The molecular weight excluding hydrogens is 664 g/mol. The fraction of sp³-hybridized carbons (Fsp3) is 0.700. The van der Waals surface area contributed by atoms with Gasteiger partial charge in [-0.3, -0.25) is 19.2 Å². The highest BCUT2D eigenvalue weighted by atomic mass is 16.6. The number of hydrogen-bond acceptors (Lipinski definition) is 8. The van der Waals surface area contributed by atoms with Crippen LogP contribution in [0.15, 0.2) is 30.3 Å².